The van der Waals surface area contributed by atoms with Crippen LogP contribution in [0.25, 0.3) is 0 Å². The molecule has 1 aliphatic heterocycles. The van der Waals surface area contributed by atoms with Crippen LogP contribution in [0.5, 0.6) is 0 Å². The molecule has 118 valence electrons. The van der Waals surface area contributed by atoms with Crippen LogP contribution in [0.3, 0.4) is 0 Å². The van der Waals surface area contributed by atoms with E-state index in [9.17, 15) is 0 Å². The minimum atomic E-state index is -0.101. The molecule has 0 saturated carbocycles. The molecule has 1 heterocycles. The van der Waals surface area contributed by atoms with Gasteiger partial charge in [0.25, 0.3) is 0 Å². The summed E-state index contributed by atoms with van der Waals surface area (Å²) in [5.74, 6) is 0. The van der Waals surface area contributed by atoms with Crippen molar-refractivity contribution in [3.63, 3.8) is 0 Å². The quantitative estimate of drug-likeness (QED) is 0.802. The second kappa shape index (κ2) is 6.04. The summed E-state index contributed by atoms with van der Waals surface area (Å²) in [7, 11) is 0. The van der Waals surface area contributed by atoms with Gasteiger partial charge in [0.15, 0.2) is 0 Å². The Hall–Kier alpha value is -2.35. The van der Waals surface area contributed by atoms with Gasteiger partial charge in [-0.2, -0.15) is 0 Å². The number of nitrogens with zero attached hydrogens (tertiary/aromatic N) is 1. The maximum absolute atomic E-state index is 7.61. The third-order valence-electron chi connectivity index (χ3n) is 4.85. The number of allylic oxidation sites excluding steroid dienone is 2. The lowest BCUT2D eigenvalue weighted by Crippen LogP contribution is -2.30. The fraction of sp³-hybridized carbons (Fsp3) is 0.286. The highest BCUT2D eigenvalue weighted by Crippen LogP contribution is 2.49. The molecule has 0 radical (unpaired) electrons. The predicted octanol–water partition coefficient (Wildman–Crippen LogP) is 4.87. The lowest BCUT2D eigenvalue weighted by atomic mass is 9.76. The number of hydrogen-bond donors (Lipinski definition) is 1. The average molecular weight is 304 g/mol. The van der Waals surface area contributed by atoms with Gasteiger partial charge in [-0.05, 0) is 50.5 Å². The van der Waals surface area contributed by atoms with E-state index in [4.69, 9.17) is 5.41 Å². The molecule has 0 spiro atoms. The number of nitrogens with one attached hydrogen (secondary N) is 1. The largest absolute Gasteiger partial charge is 0.344 e. The maximum atomic E-state index is 7.61. The van der Waals surface area contributed by atoms with E-state index in [1.807, 2.05) is 6.08 Å². The summed E-state index contributed by atoms with van der Waals surface area (Å²) in [4.78, 5) is 2.35. The molecule has 1 aliphatic rings. The molecule has 2 aromatic rings. The molecule has 1 unspecified atom stereocenters. The van der Waals surface area contributed by atoms with E-state index in [-0.39, 0.29) is 5.41 Å². The van der Waals surface area contributed by atoms with Crippen LogP contribution in [0.15, 0.2) is 60.3 Å². The van der Waals surface area contributed by atoms with Gasteiger partial charge in [-0.25, -0.2) is 0 Å². The molecule has 0 saturated heterocycles. The summed E-state index contributed by atoms with van der Waals surface area (Å²) in [5.41, 5.74) is 6.39. The predicted molar refractivity (Wildman–Crippen MR) is 98.6 cm³/mol. The lowest BCUT2D eigenvalue weighted by molar-refractivity contribution is 0.564. The molecular formula is C21H24N2. The van der Waals surface area contributed by atoms with Crippen LogP contribution in [0, 0.1) is 12.3 Å². The van der Waals surface area contributed by atoms with Crippen molar-refractivity contribution < 1.29 is 0 Å². The molecule has 2 nitrogen and oxygen atoms in total. The van der Waals surface area contributed by atoms with E-state index in [0.29, 0.717) is 0 Å². The Morgan fingerprint density at radius 1 is 1.13 bits per heavy atom. The van der Waals surface area contributed by atoms with Crippen molar-refractivity contribution in [2.24, 2.45) is 0 Å². The zero-order valence-corrected chi connectivity index (χ0v) is 14.1. The first-order chi connectivity index (χ1) is 11.1. The number of likely N-dealkylation sites (N-methyl/N-ethyl adjacent to an activating group) is 1. The highest BCUT2D eigenvalue weighted by molar-refractivity contribution is 5.78. The van der Waals surface area contributed by atoms with Crippen LogP contribution >= 0.6 is 0 Å². The fourth-order valence-corrected chi connectivity index (χ4v) is 3.78. The fourth-order valence-electron chi connectivity index (χ4n) is 3.78. The van der Waals surface area contributed by atoms with Crippen molar-refractivity contribution in [1.82, 2.24) is 0 Å². The molecule has 0 aromatic heterocycles. The summed E-state index contributed by atoms with van der Waals surface area (Å²) < 4.78 is 0. The van der Waals surface area contributed by atoms with Gasteiger partial charge < -0.3 is 10.3 Å². The Labute approximate surface area is 139 Å². The van der Waals surface area contributed by atoms with Gasteiger partial charge in [0.2, 0.25) is 0 Å². The van der Waals surface area contributed by atoms with Crippen LogP contribution in [0.4, 0.5) is 5.69 Å². The summed E-state index contributed by atoms with van der Waals surface area (Å²) >= 11 is 0. The van der Waals surface area contributed by atoms with Crippen molar-refractivity contribution in [3.8, 4) is 0 Å². The molecule has 1 N–H and O–H groups in total. The third-order valence-corrected chi connectivity index (χ3v) is 4.85. The van der Waals surface area contributed by atoms with Crippen molar-refractivity contribution in [1.29, 1.82) is 5.41 Å². The van der Waals surface area contributed by atoms with Crippen molar-refractivity contribution in [3.05, 3.63) is 77.0 Å². The summed E-state index contributed by atoms with van der Waals surface area (Å²) in [6.45, 7) is 7.55. The Morgan fingerprint density at radius 3 is 2.52 bits per heavy atom. The molecule has 0 aliphatic carbocycles. The van der Waals surface area contributed by atoms with Crippen LogP contribution in [-0.2, 0) is 11.8 Å². The number of rotatable bonds is 4. The van der Waals surface area contributed by atoms with Gasteiger partial charge in [-0.1, -0.05) is 48.0 Å². The second-order valence-corrected chi connectivity index (χ2v) is 6.48. The average Bonchev–Trinajstić information content (AvgIpc) is 2.77. The SMILES string of the molecule is CCN1/C(=C\C=N)C(C)(Cc2ccccc2)c2cc(C)ccc21. The standard InChI is InChI=1S/C21H24N2/c1-4-23-19-11-10-16(2)14-18(19)21(3,20(23)12-13-22)15-17-8-6-5-7-9-17/h5-14,22H,4,15H2,1-3H3/b20-12-,22-13?. The first kappa shape index (κ1) is 15.5. The summed E-state index contributed by atoms with van der Waals surface area (Å²) in [6.07, 6.45) is 4.32. The number of hydrogen-bond acceptors (Lipinski definition) is 2. The van der Waals surface area contributed by atoms with Crippen molar-refractivity contribution >= 4 is 11.9 Å². The second-order valence-electron chi connectivity index (χ2n) is 6.48. The molecule has 0 amide bonds. The first-order valence-corrected chi connectivity index (χ1v) is 8.24. The monoisotopic (exact) mass is 304 g/mol. The van der Waals surface area contributed by atoms with Crippen LogP contribution in [0.2, 0.25) is 0 Å². The molecule has 0 bridgehead atoms. The van der Waals surface area contributed by atoms with E-state index in [1.165, 1.54) is 34.3 Å². The summed E-state index contributed by atoms with van der Waals surface area (Å²) in [5, 5.41) is 7.61. The molecule has 23 heavy (non-hydrogen) atoms. The highest BCUT2D eigenvalue weighted by Gasteiger charge is 2.42. The Morgan fingerprint density at radius 2 is 1.87 bits per heavy atom. The van der Waals surface area contributed by atoms with Crippen LogP contribution in [-0.4, -0.2) is 12.8 Å². The van der Waals surface area contributed by atoms with Gasteiger partial charge in [-0.3, -0.25) is 0 Å². The van der Waals surface area contributed by atoms with E-state index >= 15 is 0 Å². The molecule has 2 heteroatoms. The minimum Gasteiger partial charge on any atom is -0.344 e. The zero-order chi connectivity index (χ0) is 16.4. The normalized spacial score (nSPS) is 21.5. The molecular weight excluding hydrogens is 280 g/mol. The van der Waals surface area contributed by atoms with Crippen molar-refractivity contribution in [2.45, 2.75) is 32.6 Å². The third kappa shape index (κ3) is 2.59. The Bertz CT molecular complexity index is 746. The Balaban J connectivity index is 2.17. The number of benzene rings is 2. The van der Waals surface area contributed by atoms with Crippen molar-refractivity contribution in [2.75, 3.05) is 11.4 Å². The molecule has 0 fully saturated rings. The zero-order valence-electron chi connectivity index (χ0n) is 14.1. The number of anilines is 1. The van der Waals surface area contributed by atoms with E-state index < -0.39 is 0 Å². The van der Waals surface area contributed by atoms with E-state index in [0.717, 1.165) is 13.0 Å². The lowest BCUT2D eigenvalue weighted by Gasteiger charge is -2.30. The number of aryl methyl sites for hydroxylation is 1. The van der Waals surface area contributed by atoms with Gasteiger partial charge in [-0.15, -0.1) is 0 Å². The van der Waals surface area contributed by atoms with Crippen LogP contribution < -0.4 is 4.90 Å². The maximum Gasteiger partial charge on any atom is 0.0450 e. The van der Waals surface area contributed by atoms with E-state index in [2.05, 4.69) is 74.2 Å². The van der Waals surface area contributed by atoms with Gasteiger partial charge in [0.05, 0.1) is 0 Å². The van der Waals surface area contributed by atoms with Gasteiger partial charge in [0, 0.05) is 29.6 Å². The number of fused-ring (bicyclic) bond motifs is 1. The minimum absolute atomic E-state index is 0.101. The van der Waals surface area contributed by atoms with Gasteiger partial charge >= 0.3 is 0 Å². The topological polar surface area (TPSA) is 27.1 Å². The van der Waals surface area contributed by atoms with E-state index in [1.54, 1.807) is 0 Å². The molecule has 1 atom stereocenters. The van der Waals surface area contributed by atoms with Crippen LogP contribution in [0.1, 0.15) is 30.5 Å². The Kier molecular flexibility index (Phi) is 4.08. The first-order valence-electron chi connectivity index (χ1n) is 8.24. The highest BCUT2D eigenvalue weighted by atomic mass is 15.2. The van der Waals surface area contributed by atoms with Gasteiger partial charge in [0.1, 0.15) is 0 Å². The smallest absolute Gasteiger partial charge is 0.0450 e. The molecule has 3 rings (SSSR count). The molecule has 2 aromatic carbocycles. The summed E-state index contributed by atoms with van der Waals surface area (Å²) in [6, 6.07) is 17.4.